The van der Waals surface area contributed by atoms with Crippen LogP contribution in [-0.2, 0) is 11.8 Å². The average Bonchev–Trinajstić information content (AvgIpc) is 2.87. The molecule has 20 heavy (non-hydrogen) atoms. The van der Waals surface area contributed by atoms with Gasteiger partial charge in [-0.3, -0.25) is 0 Å². The summed E-state index contributed by atoms with van der Waals surface area (Å²) in [7, 11) is 0. The lowest BCUT2D eigenvalue weighted by Gasteiger charge is -2.19. The van der Waals surface area contributed by atoms with Gasteiger partial charge in [-0.15, -0.1) is 5.10 Å². The van der Waals surface area contributed by atoms with E-state index in [1.807, 2.05) is 12.1 Å². The Morgan fingerprint density at radius 3 is 2.70 bits per heavy atom. The maximum atomic E-state index is 10.6. The van der Waals surface area contributed by atoms with Crippen LogP contribution >= 0.6 is 11.5 Å². The molecule has 4 heteroatoms. The summed E-state index contributed by atoms with van der Waals surface area (Å²) in [4.78, 5) is 0.853. The molecule has 3 nitrogen and oxygen atoms in total. The minimum absolute atomic E-state index is 0.107. The third-order valence-electron chi connectivity index (χ3n) is 3.28. The summed E-state index contributed by atoms with van der Waals surface area (Å²) in [6.07, 6.45) is 1.50. The molecule has 0 fully saturated rings. The first-order chi connectivity index (χ1) is 9.43. The van der Waals surface area contributed by atoms with Gasteiger partial charge in [0.25, 0.3) is 0 Å². The zero-order valence-corrected chi connectivity index (χ0v) is 13.4. The molecule has 0 spiro atoms. The van der Waals surface area contributed by atoms with Gasteiger partial charge in [0, 0.05) is 5.41 Å². The van der Waals surface area contributed by atoms with Gasteiger partial charge in [-0.25, -0.2) is 0 Å². The highest BCUT2D eigenvalue weighted by molar-refractivity contribution is 7.05. The van der Waals surface area contributed by atoms with E-state index >= 15 is 0 Å². The highest BCUT2D eigenvalue weighted by Gasteiger charge is 2.27. The van der Waals surface area contributed by atoms with Gasteiger partial charge in [-0.1, -0.05) is 62.9 Å². The first kappa shape index (κ1) is 15.1. The summed E-state index contributed by atoms with van der Waals surface area (Å²) in [6, 6.07) is 8.17. The second kappa shape index (κ2) is 6.02. The van der Waals surface area contributed by atoms with Gasteiger partial charge < -0.3 is 5.11 Å². The van der Waals surface area contributed by atoms with Gasteiger partial charge in [-0.2, -0.15) is 0 Å². The molecule has 2 rings (SSSR count). The van der Waals surface area contributed by atoms with Crippen molar-refractivity contribution in [2.45, 2.75) is 52.1 Å². The summed E-state index contributed by atoms with van der Waals surface area (Å²) in [5.41, 5.74) is 2.96. The third-order valence-corrected chi connectivity index (χ3v) is 4.05. The van der Waals surface area contributed by atoms with Crippen LogP contribution in [0.3, 0.4) is 0 Å². The molecule has 1 unspecified atom stereocenters. The Hall–Kier alpha value is -1.26. The molecule has 1 N–H and O–H groups in total. The predicted molar refractivity (Wildman–Crippen MR) is 83.1 cm³/mol. The minimum atomic E-state index is -0.638. The first-order valence-corrected chi connectivity index (χ1v) is 7.80. The van der Waals surface area contributed by atoms with E-state index in [1.165, 1.54) is 17.1 Å². The maximum Gasteiger partial charge on any atom is 0.117 e. The van der Waals surface area contributed by atoms with Crippen molar-refractivity contribution in [1.29, 1.82) is 0 Å². The van der Waals surface area contributed by atoms with Crippen molar-refractivity contribution < 1.29 is 5.11 Å². The normalized spacial score (nSPS) is 13.4. The van der Waals surface area contributed by atoms with E-state index in [4.69, 9.17) is 0 Å². The topological polar surface area (TPSA) is 46.0 Å². The lowest BCUT2D eigenvalue weighted by atomic mass is 9.89. The van der Waals surface area contributed by atoms with Crippen LogP contribution < -0.4 is 0 Å². The van der Waals surface area contributed by atoms with Gasteiger partial charge in [0.2, 0.25) is 0 Å². The monoisotopic (exact) mass is 290 g/mol. The molecular weight excluding hydrogens is 268 g/mol. The Bertz CT molecular complexity index is 572. The summed E-state index contributed by atoms with van der Waals surface area (Å²) >= 11 is 1.29. The Morgan fingerprint density at radius 2 is 2.05 bits per heavy atom. The van der Waals surface area contributed by atoms with Crippen LogP contribution in [0.15, 0.2) is 24.3 Å². The number of hydrogen-bond donors (Lipinski definition) is 1. The van der Waals surface area contributed by atoms with E-state index in [1.54, 1.807) is 0 Å². The summed E-state index contributed by atoms with van der Waals surface area (Å²) in [6.45, 7) is 8.43. The van der Waals surface area contributed by atoms with Crippen molar-refractivity contribution >= 4 is 11.5 Å². The van der Waals surface area contributed by atoms with E-state index in [0.29, 0.717) is 0 Å². The molecule has 0 bridgehead atoms. The number of aliphatic hydroxyl groups is 1. The van der Waals surface area contributed by atoms with Crippen molar-refractivity contribution in [2.75, 3.05) is 0 Å². The van der Waals surface area contributed by atoms with Gasteiger partial charge in [0.15, 0.2) is 0 Å². The lowest BCUT2D eigenvalue weighted by Crippen LogP contribution is -2.16. The van der Waals surface area contributed by atoms with Crippen LogP contribution in [0.4, 0.5) is 0 Å². The number of aliphatic hydroxyl groups excluding tert-OH is 1. The zero-order chi connectivity index (χ0) is 14.8. The molecule has 1 aromatic carbocycles. The summed E-state index contributed by atoms with van der Waals surface area (Å²) in [5, 5.41) is 14.8. The second-order valence-corrected chi connectivity index (χ2v) is 6.92. The van der Waals surface area contributed by atoms with Crippen molar-refractivity contribution in [2.24, 2.45) is 0 Å². The Labute approximate surface area is 124 Å². The zero-order valence-electron chi connectivity index (χ0n) is 12.6. The van der Waals surface area contributed by atoms with Gasteiger partial charge in [0.1, 0.15) is 6.10 Å². The molecule has 1 atom stereocenters. The van der Waals surface area contributed by atoms with Gasteiger partial charge in [0.05, 0.1) is 10.6 Å². The minimum Gasteiger partial charge on any atom is -0.383 e. The molecule has 1 aromatic heterocycles. The molecule has 2 aromatic rings. The number of aryl methyl sites for hydroxylation is 1. The van der Waals surface area contributed by atoms with Crippen molar-refractivity contribution in [3.8, 4) is 0 Å². The molecule has 108 valence electrons. The number of benzene rings is 1. The third kappa shape index (κ3) is 3.25. The lowest BCUT2D eigenvalue weighted by molar-refractivity contribution is 0.221. The maximum absolute atomic E-state index is 10.6. The summed E-state index contributed by atoms with van der Waals surface area (Å²) < 4.78 is 4.03. The molecule has 0 aliphatic heterocycles. The van der Waals surface area contributed by atoms with E-state index in [-0.39, 0.29) is 5.41 Å². The summed E-state index contributed by atoms with van der Waals surface area (Å²) in [5.74, 6) is 0. The number of nitrogens with zero attached hydrogens (tertiary/aromatic N) is 2. The standard InChI is InChI=1S/C16H22N2OS/c1-5-7-11-8-6-9-12(10-11)13(19)14-15(16(2,3)4)17-18-20-14/h6,8-10,13,19H,5,7H2,1-4H3. The van der Waals surface area contributed by atoms with Crippen LogP contribution in [0.2, 0.25) is 0 Å². The van der Waals surface area contributed by atoms with E-state index in [9.17, 15) is 5.11 Å². The van der Waals surface area contributed by atoms with E-state index in [2.05, 4.69) is 49.4 Å². The fourth-order valence-corrected chi connectivity index (χ4v) is 3.14. The fourth-order valence-electron chi connectivity index (χ4n) is 2.26. The van der Waals surface area contributed by atoms with E-state index in [0.717, 1.165) is 29.0 Å². The Balaban J connectivity index is 2.34. The molecule has 0 saturated heterocycles. The molecule has 0 amide bonds. The van der Waals surface area contributed by atoms with Crippen LogP contribution in [0.1, 0.15) is 61.9 Å². The first-order valence-electron chi connectivity index (χ1n) is 7.03. The molecule has 1 heterocycles. The molecule has 0 aliphatic rings. The molecule has 0 radical (unpaired) electrons. The number of hydrogen-bond acceptors (Lipinski definition) is 4. The van der Waals surface area contributed by atoms with E-state index < -0.39 is 6.10 Å². The van der Waals surface area contributed by atoms with Crippen molar-refractivity contribution in [1.82, 2.24) is 9.59 Å². The molecular formula is C16H22N2OS. The largest absolute Gasteiger partial charge is 0.383 e. The second-order valence-electron chi connectivity index (χ2n) is 6.13. The Morgan fingerprint density at radius 1 is 1.30 bits per heavy atom. The smallest absolute Gasteiger partial charge is 0.117 e. The van der Waals surface area contributed by atoms with Crippen LogP contribution in [0, 0.1) is 0 Å². The molecule has 0 aliphatic carbocycles. The van der Waals surface area contributed by atoms with Gasteiger partial charge >= 0.3 is 0 Å². The van der Waals surface area contributed by atoms with Crippen LogP contribution in [-0.4, -0.2) is 14.7 Å². The highest BCUT2D eigenvalue weighted by atomic mass is 32.1. The van der Waals surface area contributed by atoms with Crippen molar-refractivity contribution in [3.05, 3.63) is 46.0 Å². The fraction of sp³-hybridized carbons (Fsp3) is 0.500. The molecule has 0 saturated carbocycles. The van der Waals surface area contributed by atoms with Crippen LogP contribution in [0.25, 0.3) is 0 Å². The van der Waals surface area contributed by atoms with Crippen LogP contribution in [0.5, 0.6) is 0 Å². The SMILES string of the molecule is CCCc1cccc(C(O)c2snnc2C(C)(C)C)c1. The average molecular weight is 290 g/mol. The van der Waals surface area contributed by atoms with Crippen molar-refractivity contribution in [3.63, 3.8) is 0 Å². The number of aromatic nitrogens is 2. The quantitative estimate of drug-likeness (QED) is 0.929. The van der Waals surface area contributed by atoms with Gasteiger partial charge in [-0.05, 0) is 29.1 Å². The predicted octanol–water partition coefficient (Wildman–Crippen LogP) is 3.87. The number of rotatable bonds is 4. The highest BCUT2D eigenvalue weighted by Crippen LogP contribution is 2.33. The Kier molecular flexibility index (Phi) is 4.55.